The van der Waals surface area contributed by atoms with Crippen LogP contribution in [-0.4, -0.2) is 35.8 Å². The molecule has 0 saturated carbocycles. The fraction of sp³-hybridized carbons (Fsp3) is 0.167. The Morgan fingerprint density at radius 1 is 1.08 bits per heavy atom. The number of anilines is 1. The van der Waals surface area contributed by atoms with Gasteiger partial charge in [0.1, 0.15) is 0 Å². The van der Waals surface area contributed by atoms with E-state index in [1.54, 1.807) is 30.3 Å². The molecule has 0 atom stereocenters. The summed E-state index contributed by atoms with van der Waals surface area (Å²) in [5, 5.41) is 5.37. The van der Waals surface area contributed by atoms with Crippen LogP contribution in [0.5, 0.6) is 0 Å². The van der Waals surface area contributed by atoms with Crippen LogP contribution in [0.1, 0.15) is 26.3 Å². The molecule has 2 N–H and O–H groups in total. The Morgan fingerprint density at radius 3 is 2.32 bits per heavy atom. The Bertz CT molecular complexity index is 831. The second-order valence-electron chi connectivity index (χ2n) is 5.65. The van der Waals surface area contributed by atoms with Crippen molar-refractivity contribution in [1.82, 2.24) is 10.2 Å². The average Bonchev–Trinajstić information content (AvgIpc) is 2.83. The Hall–Kier alpha value is -2.67. The topological polar surface area (TPSA) is 78.5 Å². The zero-order valence-corrected chi connectivity index (χ0v) is 15.1. The molecule has 1 heterocycles. The summed E-state index contributed by atoms with van der Waals surface area (Å²) in [6, 6.07) is 11.8. The third-order valence-corrected chi connectivity index (χ3v) is 4.80. The standard InChI is InChI=1S/C18H16BrN3O3/c1-11-10-12(6-7-15(11)19)21-18(25)20-8-9-22-16(23)13-4-2-3-5-14(13)17(22)24/h2-7,10H,8-9H2,1H3,(H2,20,21,25). The van der Waals surface area contributed by atoms with Crippen LogP contribution in [0.4, 0.5) is 10.5 Å². The molecule has 0 bridgehead atoms. The van der Waals surface area contributed by atoms with Crippen molar-refractivity contribution in [2.24, 2.45) is 0 Å². The van der Waals surface area contributed by atoms with Gasteiger partial charge in [0.15, 0.2) is 0 Å². The number of carbonyl (C=O) groups excluding carboxylic acids is 3. The molecule has 1 aliphatic heterocycles. The lowest BCUT2D eigenvalue weighted by molar-refractivity contribution is 0.0656. The summed E-state index contributed by atoms with van der Waals surface area (Å²) >= 11 is 3.40. The van der Waals surface area contributed by atoms with Crippen molar-refractivity contribution in [1.29, 1.82) is 0 Å². The first-order valence-corrected chi connectivity index (χ1v) is 8.53. The summed E-state index contributed by atoms with van der Waals surface area (Å²) in [6.07, 6.45) is 0. The number of benzene rings is 2. The molecule has 0 radical (unpaired) electrons. The summed E-state index contributed by atoms with van der Waals surface area (Å²) in [6.45, 7) is 2.22. The summed E-state index contributed by atoms with van der Waals surface area (Å²) in [5.74, 6) is -0.655. The molecule has 6 nitrogen and oxygen atoms in total. The Balaban J connectivity index is 1.53. The Morgan fingerprint density at radius 2 is 1.72 bits per heavy atom. The molecule has 0 fully saturated rings. The monoisotopic (exact) mass is 401 g/mol. The van der Waals surface area contributed by atoms with Gasteiger partial charge in [0, 0.05) is 23.2 Å². The fourth-order valence-electron chi connectivity index (χ4n) is 2.62. The average molecular weight is 402 g/mol. The molecular formula is C18H16BrN3O3. The van der Waals surface area contributed by atoms with E-state index in [0.717, 1.165) is 14.9 Å². The minimum absolute atomic E-state index is 0.124. The van der Waals surface area contributed by atoms with Gasteiger partial charge >= 0.3 is 6.03 Å². The highest BCUT2D eigenvalue weighted by Crippen LogP contribution is 2.22. The lowest BCUT2D eigenvalue weighted by atomic mass is 10.1. The number of nitrogens with one attached hydrogen (secondary N) is 2. The van der Waals surface area contributed by atoms with Crippen LogP contribution in [0.2, 0.25) is 0 Å². The van der Waals surface area contributed by atoms with Gasteiger partial charge in [0.05, 0.1) is 11.1 Å². The normalized spacial score (nSPS) is 13.0. The smallest absolute Gasteiger partial charge is 0.319 e. The number of fused-ring (bicyclic) bond motifs is 1. The van der Waals surface area contributed by atoms with E-state index in [4.69, 9.17) is 0 Å². The summed E-state index contributed by atoms with van der Waals surface area (Å²) < 4.78 is 0.962. The minimum Gasteiger partial charge on any atom is -0.336 e. The summed E-state index contributed by atoms with van der Waals surface area (Å²) in [5.41, 5.74) is 2.48. The Kier molecular flexibility index (Phi) is 4.85. The van der Waals surface area contributed by atoms with E-state index in [1.807, 2.05) is 19.1 Å². The zero-order valence-electron chi connectivity index (χ0n) is 13.5. The van der Waals surface area contributed by atoms with E-state index >= 15 is 0 Å². The highest BCUT2D eigenvalue weighted by atomic mass is 79.9. The van der Waals surface area contributed by atoms with Crippen molar-refractivity contribution in [3.8, 4) is 0 Å². The molecule has 0 spiro atoms. The Labute approximate surface area is 153 Å². The lowest BCUT2D eigenvalue weighted by Gasteiger charge is -2.14. The van der Waals surface area contributed by atoms with Crippen LogP contribution in [0.3, 0.4) is 0 Å². The first-order chi connectivity index (χ1) is 12.0. The van der Waals surface area contributed by atoms with Crippen molar-refractivity contribution < 1.29 is 14.4 Å². The second-order valence-corrected chi connectivity index (χ2v) is 6.51. The molecule has 4 amide bonds. The highest BCUT2D eigenvalue weighted by molar-refractivity contribution is 9.10. The molecule has 1 aliphatic rings. The molecule has 2 aromatic rings. The van der Waals surface area contributed by atoms with Crippen molar-refractivity contribution in [2.45, 2.75) is 6.92 Å². The van der Waals surface area contributed by atoms with E-state index in [9.17, 15) is 14.4 Å². The van der Waals surface area contributed by atoms with Crippen molar-refractivity contribution >= 4 is 39.5 Å². The molecule has 7 heteroatoms. The van der Waals surface area contributed by atoms with E-state index in [0.29, 0.717) is 16.8 Å². The predicted molar refractivity (Wildman–Crippen MR) is 97.7 cm³/mol. The van der Waals surface area contributed by atoms with E-state index < -0.39 is 6.03 Å². The van der Waals surface area contributed by atoms with E-state index in [1.165, 1.54) is 0 Å². The van der Waals surface area contributed by atoms with Gasteiger partial charge in [0.2, 0.25) is 0 Å². The number of imide groups is 1. The van der Waals surface area contributed by atoms with Crippen molar-refractivity contribution in [2.75, 3.05) is 18.4 Å². The number of carbonyl (C=O) groups is 3. The largest absolute Gasteiger partial charge is 0.336 e. The van der Waals surface area contributed by atoms with Gasteiger partial charge in [-0.05, 0) is 42.8 Å². The SMILES string of the molecule is Cc1cc(NC(=O)NCCN2C(=O)c3ccccc3C2=O)ccc1Br. The van der Waals surface area contributed by atoms with Crippen LogP contribution in [0.25, 0.3) is 0 Å². The molecule has 0 aliphatic carbocycles. The predicted octanol–water partition coefficient (Wildman–Crippen LogP) is 3.18. The number of nitrogens with zero attached hydrogens (tertiary/aromatic N) is 1. The van der Waals surface area contributed by atoms with E-state index in [2.05, 4.69) is 26.6 Å². The highest BCUT2D eigenvalue weighted by Gasteiger charge is 2.34. The number of rotatable bonds is 4. The number of hydrogen-bond acceptors (Lipinski definition) is 3. The van der Waals surface area contributed by atoms with Crippen molar-refractivity contribution in [3.05, 3.63) is 63.6 Å². The third-order valence-electron chi connectivity index (χ3n) is 3.91. The number of hydrogen-bond donors (Lipinski definition) is 2. The van der Waals surface area contributed by atoms with Gasteiger partial charge in [-0.15, -0.1) is 0 Å². The van der Waals surface area contributed by atoms with Gasteiger partial charge in [-0.3, -0.25) is 14.5 Å². The number of amides is 4. The quantitative estimate of drug-likeness (QED) is 0.772. The second kappa shape index (κ2) is 7.06. The zero-order chi connectivity index (χ0) is 18.0. The molecular weight excluding hydrogens is 386 g/mol. The van der Waals surface area contributed by atoms with Gasteiger partial charge < -0.3 is 10.6 Å². The lowest BCUT2D eigenvalue weighted by Crippen LogP contribution is -2.39. The maximum absolute atomic E-state index is 12.2. The fourth-order valence-corrected chi connectivity index (χ4v) is 2.87. The number of aryl methyl sites for hydroxylation is 1. The van der Waals surface area contributed by atoms with Crippen LogP contribution < -0.4 is 10.6 Å². The molecule has 0 unspecified atom stereocenters. The minimum atomic E-state index is -0.390. The number of halogens is 1. The van der Waals surface area contributed by atoms with Gasteiger partial charge in [-0.25, -0.2) is 4.79 Å². The molecule has 0 aromatic heterocycles. The molecule has 128 valence electrons. The van der Waals surface area contributed by atoms with E-state index in [-0.39, 0.29) is 24.9 Å². The van der Waals surface area contributed by atoms with Crippen LogP contribution in [-0.2, 0) is 0 Å². The third kappa shape index (κ3) is 3.56. The van der Waals surface area contributed by atoms with Crippen LogP contribution >= 0.6 is 15.9 Å². The maximum atomic E-state index is 12.2. The molecule has 25 heavy (non-hydrogen) atoms. The van der Waals surface area contributed by atoms with Gasteiger partial charge in [-0.2, -0.15) is 0 Å². The van der Waals surface area contributed by atoms with Gasteiger partial charge in [0.25, 0.3) is 11.8 Å². The van der Waals surface area contributed by atoms with Crippen LogP contribution in [0.15, 0.2) is 46.9 Å². The van der Waals surface area contributed by atoms with Gasteiger partial charge in [-0.1, -0.05) is 28.1 Å². The summed E-state index contributed by atoms with van der Waals surface area (Å²) in [4.78, 5) is 37.5. The van der Waals surface area contributed by atoms with Crippen molar-refractivity contribution in [3.63, 3.8) is 0 Å². The first kappa shape index (κ1) is 17.2. The number of urea groups is 1. The van der Waals surface area contributed by atoms with Crippen LogP contribution in [0, 0.1) is 6.92 Å². The first-order valence-electron chi connectivity index (χ1n) is 7.73. The molecule has 3 rings (SSSR count). The molecule has 2 aromatic carbocycles. The summed E-state index contributed by atoms with van der Waals surface area (Å²) in [7, 11) is 0. The maximum Gasteiger partial charge on any atom is 0.319 e. The molecule has 0 saturated heterocycles.